The van der Waals surface area contributed by atoms with E-state index in [0.29, 0.717) is 17.0 Å². The Balaban J connectivity index is 1.99. The number of nitrogens with zero attached hydrogens (tertiary/aromatic N) is 1. The fourth-order valence-corrected chi connectivity index (χ4v) is 3.42. The lowest BCUT2D eigenvalue weighted by atomic mass is 9.82. The van der Waals surface area contributed by atoms with E-state index in [-0.39, 0.29) is 0 Å². The van der Waals surface area contributed by atoms with E-state index in [4.69, 9.17) is 0 Å². The van der Waals surface area contributed by atoms with Gasteiger partial charge in [-0.1, -0.05) is 33.6 Å². The van der Waals surface area contributed by atoms with E-state index in [9.17, 15) is 0 Å². The van der Waals surface area contributed by atoms with Crippen LogP contribution in [-0.4, -0.2) is 36.1 Å². The topological polar surface area (TPSA) is 15.3 Å². The summed E-state index contributed by atoms with van der Waals surface area (Å²) in [6.45, 7) is 15.5. The molecule has 1 aliphatic carbocycles. The molecule has 0 aromatic carbocycles. The second kappa shape index (κ2) is 5.13. The van der Waals surface area contributed by atoms with Gasteiger partial charge in [-0.05, 0) is 38.0 Å². The Morgan fingerprint density at radius 2 is 1.78 bits per heavy atom. The zero-order valence-electron chi connectivity index (χ0n) is 13.1. The highest BCUT2D eigenvalue weighted by Crippen LogP contribution is 2.31. The summed E-state index contributed by atoms with van der Waals surface area (Å²) in [5.41, 5.74) is 0.689. The van der Waals surface area contributed by atoms with Crippen molar-refractivity contribution in [2.24, 2.45) is 11.3 Å². The van der Waals surface area contributed by atoms with Crippen molar-refractivity contribution in [2.75, 3.05) is 19.6 Å². The summed E-state index contributed by atoms with van der Waals surface area (Å²) < 4.78 is 0. The molecule has 2 fully saturated rings. The highest BCUT2D eigenvalue weighted by Gasteiger charge is 2.39. The van der Waals surface area contributed by atoms with E-state index in [1.807, 2.05) is 0 Å². The minimum atomic E-state index is 0.324. The molecule has 1 aliphatic heterocycles. The van der Waals surface area contributed by atoms with Crippen LogP contribution in [0.15, 0.2) is 0 Å². The molecular weight excluding hydrogens is 220 g/mol. The summed E-state index contributed by atoms with van der Waals surface area (Å²) in [6.07, 6.45) is 5.83. The molecule has 0 aromatic rings. The molecule has 1 saturated heterocycles. The maximum Gasteiger partial charge on any atom is 0.0278 e. The molecule has 0 amide bonds. The van der Waals surface area contributed by atoms with Crippen LogP contribution in [0.1, 0.15) is 60.3 Å². The molecule has 106 valence electrons. The molecule has 0 spiro atoms. The largest absolute Gasteiger partial charge is 0.310 e. The lowest BCUT2D eigenvalue weighted by Crippen LogP contribution is -2.65. The van der Waals surface area contributed by atoms with Crippen molar-refractivity contribution < 1.29 is 0 Å². The molecular formula is C16H32N2. The highest BCUT2D eigenvalue weighted by atomic mass is 15.3. The molecule has 0 aromatic heterocycles. The smallest absolute Gasteiger partial charge is 0.0278 e. The third-order valence-electron chi connectivity index (χ3n) is 5.04. The van der Waals surface area contributed by atoms with Gasteiger partial charge in [0, 0.05) is 31.2 Å². The monoisotopic (exact) mass is 252 g/mol. The fourth-order valence-electron chi connectivity index (χ4n) is 3.42. The Morgan fingerprint density at radius 1 is 1.17 bits per heavy atom. The molecule has 1 unspecified atom stereocenters. The zero-order valence-corrected chi connectivity index (χ0v) is 13.1. The molecule has 0 bridgehead atoms. The second-order valence-electron chi connectivity index (χ2n) is 8.17. The van der Waals surface area contributed by atoms with Gasteiger partial charge >= 0.3 is 0 Å². The maximum atomic E-state index is 3.76. The predicted molar refractivity (Wildman–Crippen MR) is 78.9 cm³/mol. The van der Waals surface area contributed by atoms with Crippen molar-refractivity contribution >= 4 is 0 Å². The minimum Gasteiger partial charge on any atom is -0.310 e. The Labute approximate surface area is 114 Å². The highest BCUT2D eigenvalue weighted by molar-refractivity contribution is 4.97. The second-order valence-corrected chi connectivity index (χ2v) is 8.17. The van der Waals surface area contributed by atoms with Gasteiger partial charge in [-0.15, -0.1) is 0 Å². The summed E-state index contributed by atoms with van der Waals surface area (Å²) in [5, 5.41) is 3.76. The van der Waals surface area contributed by atoms with Gasteiger partial charge in [0.1, 0.15) is 0 Å². The van der Waals surface area contributed by atoms with E-state index in [1.54, 1.807) is 0 Å². The summed E-state index contributed by atoms with van der Waals surface area (Å²) in [7, 11) is 0. The van der Waals surface area contributed by atoms with Crippen molar-refractivity contribution in [3.8, 4) is 0 Å². The quantitative estimate of drug-likeness (QED) is 0.811. The van der Waals surface area contributed by atoms with E-state index < -0.39 is 0 Å². The van der Waals surface area contributed by atoms with E-state index in [1.165, 1.54) is 38.8 Å². The average Bonchev–Trinajstić information content (AvgIpc) is 2.72. The molecule has 2 aliphatic rings. The van der Waals surface area contributed by atoms with Crippen LogP contribution < -0.4 is 5.32 Å². The fraction of sp³-hybridized carbons (Fsp3) is 1.00. The van der Waals surface area contributed by atoms with Gasteiger partial charge < -0.3 is 5.32 Å². The van der Waals surface area contributed by atoms with Crippen molar-refractivity contribution in [3.63, 3.8) is 0 Å². The Bertz CT molecular complexity index is 271. The number of hydrogen-bond donors (Lipinski definition) is 1. The molecule has 1 N–H and O–H groups in total. The number of hydrogen-bond acceptors (Lipinski definition) is 2. The van der Waals surface area contributed by atoms with Gasteiger partial charge in [0.05, 0.1) is 0 Å². The lowest BCUT2D eigenvalue weighted by molar-refractivity contribution is 0.0245. The zero-order chi connectivity index (χ0) is 13.4. The van der Waals surface area contributed by atoms with Gasteiger partial charge in [-0.3, -0.25) is 4.90 Å². The first-order valence-corrected chi connectivity index (χ1v) is 7.77. The number of rotatable bonds is 2. The predicted octanol–water partition coefficient (Wildman–Crippen LogP) is 3.28. The van der Waals surface area contributed by atoms with Crippen LogP contribution in [0.5, 0.6) is 0 Å². The molecule has 2 rings (SSSR count). The Morgan fingerprint density at radius 3 is 2.33 bits per heavy atom. The van der Waals surface area contributed by atoms with Gasteiger partial charge in [-0.25, -0.2) is 0 Å². The van der Waals surface area contributed by atoms with Crippen molar-refractivity contribution in [1.29, 1.82) is 0 Å². The lowest BCUT2D eigenvalue weighted by Gasteiger charge is -2.50. The van der Waals surface area contributed by atoms with Crippen molar-refractivity contribution in [2.45, 2.75) is 71.9 Å². The van der Waals surface area contributed by atoms with Crippen LogP contribution in [0, 0.1) is 11.3 Å². The normalized spacial score (nSPS) is 30.8. The maximum absolute atomic E-state index is 3.76. The van der Waals surface area contributed by atoms with Gasteiger partial charge in [-0.2, -0.15) is 0 Å². The molecule has 1 atom stereocenters. The van der Waals surface area contributed by atoms with E-state index >= 15 is 0 Å². The molecule has 18 heavy (non-hydrogen) atoms. The Hall–Kier alpha value is -0.0800. The minimum absolute atomic E-state index is 0.324. The average molecular weight is 252 g/mol. The first-order chi connectivity index (χ1) is 8.29. The third-order valence-corrected chi connectivity index (χ3v) is 5.04. The third kappa shape index (κ3) is 3.27. The summed E-state index contributed by atoms with van der Waals surface area (Å²) in [5.74, 6) is 0.961. The van der Waals surface area contributed by atoms with Gasteiger partial charge in [0.15, 0.2) is 0 Å². The van der Waals surface area contributed by atoms with Crippen LogP contribution in [0.3, 0.4) is 0 Å². The first-order valence-electron chi connectivity index (χ1n) is 7.77. The van der Waals surface area contributed by atoms with E-state index in [2.05, 4.69) is 44.8 Å². The van der Waals surface area contributed by atoms with E-state index in [0.717, 1.165) is 12.5 Å². The summed E-state index contributed by atoms with van der Waals surface area (Å²) in [4.78, 5) is 2.76. The van der Waals surface area contributed by atoms with Crippen LogP contribution in [-0.2, 0) is 0 Å². The van der Waals surface area contributed by atoms with Gasteiger partial charge in [0.25, 0.3) is 0 Å². The van der Waals surface area contributed by atoms with Crippen molar-refractivity contribution in [1.82, 2.24) is 10.2 Å². The first kappa shape index (κ1) is 14.3. The Kier molecular flexibility index (Phi) is 4.08. The molecule has 1 heterocycles. The standard InChI is InChI=1S/C16H32N2/c1-15(2,3)14-11-18(16(4,5)12-17-14)10-13-8-6-7-9-13/h13-14,17H,6-12H2,1-5H3. The summed E-state index contributed by atoms with van der Waals surface area (Å²) >= 11 is 0. The molecule has 2 heteroatoms. The molecule has 1 saturated carbocycles. The number of nitrogens with one attached hydrogen (secondary N) is 1. The van der Waals surface area contributed by atoms with Crippen LogP contribution >= 0.6 is 0 Å². The molecule has 0 radical (unpaired) electrons. The van der Waals surface area contributed by atoms with Crippen LogP contribution in [0.2, 0.25) is 0 Å². The SMILES string of the molecule is CC(C)(C)C1CN(CC2CCCC2)C(C)(C)CN1. The van der Waals surface area contributed by atoms with Gasteiger partial charge in [0.2, 0.25) is 0 Å². The van der Waals surface area contributed by atoms with Crippen LogP contribution in [0.4, 0.5) is 0 Å². The number of piperazine rings is 1. The molecule has 2 nitrogen and oxygen atoms in total. The van der Waals surface area contributed by atoms with Crippen molar-refractivity contribution in [3.05, 3.63) is 0 Å². The summed E-state index contributed by atoms with van der Waals surface area (Å²) in [6, 6.07) is 0.631. The van der Waals surface area contributed by atoms with Crippen LogP contribution in [0.25, 0.3) is 0 Å².